The Balaban J connectivity index is 2.22. The number of hydrogen-bond donors (Lipinski definition) is 0. The molecule has 82 valence electrons. The van der Waals surface area contributed by atoms with Crippen LogP contribution in [0.1, 0.15) is 0 Å². The summed E-state index contributed by atoms with van der Waals surface area (Å²) in [7, 11) is 0. The monoisotopic (exact) mass is 326 g/mol. The molecule has 0 saturated heterocycles. The third-order valence-corrected chi connectivity index (χ3v) is 4.61. The molecular formula is C12H9INO2-. The van der Waals surface area contributed by atoms with Crippen molar-refractivity contribution in [2.45, 2.75) is 0 Å². The summed E-state index contributed by atoms with van der Waals surface area (Å²) in [5, 5.41) is 10.6. The Hall–Kier alpha value is -1.43. The van der Waals surface area contributed by atoms with E-state index in [0.29, 0.717) is 0 Å². The minimum atomic E-state index is -0.349. The van der Waals surface area contributed by atoms with Crippen molar-refractivity contribution >= 4 is 5.69 Å². The molecule has 0 N–H and O–H groups in total. The van der Waals surface area contributed by atoms with E-state index in [9.17, 15) is 10.1 Å². The van der Waals surface area contributed by atoms with E-state index in [2.05, 4.69) is 12.1 Å². The molecule has 0 unspecified atom stereocenters. The fourth-order valence-electron chi connectivity index (χ4n) is 1.25. The molecule has 3 nitrogen and oxygen atoms in total. The second-order valence-corrected chi connectivity index (χ2v) is 6.16. The van der Waals surface area contributed by atoms with Gasteiger partial charge in [-0.15, -0.1) is 0 Å². The number of nitrogens with zero attached hydrogens (tertiary/aromatic N) is 1. The van der Waals surface area contributed by atoms with Gasteiger partial charge in [0.2, 0.25) is 0 Å². The SMILES string of the molecule is O=[N+]([O-])c1cccc([I-]c2ccccc2)c1. The fraction of sp³-hybridized carbons (Fsp3) is 0. The second kappa shape index (κ2) is 5.07. The van der Waals surface area contributed by atoms with Crippen LogP contribution in [0.25, 0.3) is 0 Å². The number of non-ortho nitro benzene ring substituents is 1. The molecule has 0 aliphatic rings. The number of nitro groups is 1. The summed E-state index contributed by atoms with van der Waals surface area (Å²) in [6.45, 7) is 0. The first kappa shape index (κ1) is 11.1. The molecule has 0 amide bonds. The van der Waals surface area contributed by atoms with Crippen LogP contribution < -0.4 is 21.2 Å². The normalized spacial score (nSPS) is 10.2. The van der Waals surface area contributed by atoms with E-state index in [-0.39, 0.29) is 31.8 Å². The van der Waals surface area contributed by atoms with Gasteiger partial charge in [0.25, 0.3) is 0 Å². The first-order valence-corrected chi connectivity index (χ1v) is 6.86. The molecule has 2 rings (SSSR count). The Morgan fingerprint density at radius 1 is 0.938 bits per heavy atom. The standard InChI is InChI=1S/C12H9INO2/c15-14(16)12-8-4-7-11(9-12)13-10-5-2-1-3-6-10/h1-9H/q-1. The second-order valence-electron chi connectivity index (χ2n) is 3.13. The third kappa shape index (κ3) is 2.79. The van der Waals surface area contributed by atoms with Gasteiger partial charge in [0, 0.05) is 0 Å². The van der Waals surface area contributed by atoms with Crippen molar-refractivity contribution in [2.24, 2.45) is 0 Å². The van der Waals surface area contributed by atoms with Gasteiger partial charge in [-0.05, 0) is 0 Å². The van der Waals surface area contributed by atoms with E-state index in [1.165, 1.54) is 9.64 Å². The van der Waals surface area contributed by atoms with Gasteiger partial charge < -0.3 is 0 Å². The van der Waals surface area contributed by atoms with Crippen LogP contribution in [0.5, 0.6) is 0 Å². The molecule has 0 bridgehead atoms. The molecule has 0 aliphatic carbocycles. The van der Waals surface area contributed by atoms with Crippen molar-refractivity contribution in [2.75, 3.05) is 0 Å². The Kier molecular flexibility index (Phi) is 3.51. The van der Waals surface area contributed by atoms with Crippen molar-refractivity contribution in [3.63, 3.8) is 0 Å². The molecule has 0 aliphatic heterocycles. The molecule has 0 atom stereocenters. The molecule has 0 spiro atoms. The van der Waals surface area contributed by atoms with Gasteiger partial charge in [-0.3, -0.25) is 0 Å². The van der Waals surface area contributed by atoms with E-state index < -0.39 is 0 Å². The summed E-state index contributed by atoms with van der Waals surface area (Å²) in [6, 6.07) is 17.0. The topological polar surface area (TPSA) is 43.1 Å². The molecule has 0 saturated carbocycles. The van der Waals surface area contributed by atoms with Gasteiger partial charge in [0.15, 0.2) is 0 Å². The molecule has 0 radical (unpaired) electrons. The summed E-state index contributed by atoms with van der Waals surface area (Å²) in [5.74, 6) is 0. The molecular weight excluding hydrogens is 317 g/mol. The van der Waals surface area contributed by atoms with Crippen molar-refractivity contribution < 1.29 is 26.1 Å². The van der Waals surface area contributed by atoms with Crippen molar-refractivity contribution in [1.82, 2.24) is 0 Å². The Morgan fingerprint density at radius 3 is 2.31 bits per heavy atom. The zero-order valence-electron chi connectivity index (χ0n) is 8.34. The quantitative estimate of drug-likeness (QED) is 0.443. The summed E-state index contributed by atoms with van der Waals surface area (Å²) >= 11 is -0.318. The molecule has 2 aromatic rings. The summed E-state index contributed by atoms with van der Waals surface area (Å²) in [6.07, 6.45) is 0. The van der Waals surface area contributed by atoms with Crippen molar-refractivity contribution in [1.29, 1.82) is 0 Å². The maximum atomic E-state index is 10.6. The number of hydrogen-bond acceptors (Lipinski definition) is 2. The van der Waals surface area contributed by atoms with Crippen molar-refractivity contribution in [3.05, 3.63) is 71.9 Å². The van der Waals surface area contributed by atoms with Crippen LogP contribution >= 0.6 is 0 Å². The van der Waals surface area contributed by atoms with Gasteiger partial charge in [0.05, 0.1) is 0 Å². The Morgan fingerprint density at radius 2 is 1.62 bits per heavy atom. The molecule has 0 fully saturated rings. The summed E-state index contributed by atoms with van der Waals surface area (Å²) < 4.78 is 2.33. The number of halogens is 1. The van der Waals surface area contributed by atoms with Crippen LogP contribution in [-0.2, 0) is 0 Å². The van der Waals surface area contributed by atoms with Crippen LogP contribution in [0.3, 0.4) is 0 Å². The van der Waals surface area contributed by atoms with Crippen LogP contribution in [0.15, 0.2) is 54.6 Å². The summed E-state index contributed by atoms with van der Waals surface area (Å²) in [5.41, 5.74) is 0.174. The van der Waals surface area contributed by atoms with E-state index >= 15 is 0 Å². The van der Waals surface area contributed by atoms with E-state index in [4.69, 9.17) is 0 Å². The summed E-state index contributed by atoms with van der Waals surface area (Å²) in [4.78, 5) is 10.3. The first-order chi connectivity index (χ1) is 7.75. The van der Waals surface area contributed by atoms with Gasteiger partial charge in [-0.25, -0.2) is 0 Å². The maximum absolute atomic E-state index is 10.6. The van der Waals surface area contributed by atoms with Gasteiger partial charge in [0.1, 0.15) is 0 Å². The van der Waals surface area contributed by atoms with Gasteiger partial charge in [-0.1, -0.05) is 0 Å². The zero-order valence-corrected chi connectivity index (χ0v) is 10.5. The van der Waals surface area contributed by atoms with Crippen LogP contribution in [-0.4, -0.2) is 4.92 Å². The average molecular weight is 326 g/mol. The third-order valence-electron chi connectivity index (χ3n) is 1.97. The number of benzene rings is 2. The van der Waals surface area contributed by atoms with E-state index in [1.54, 1.807) is 12.1 Å². The molecule has 0 aromatic heterocycles. The predicted molar refractivity (Wildman–Crippen MR) is 56.9 cm³/mol. The molecule has 16 heavy (non-hydrogen) atoms. The Labute approximate surface area is 104 Å². The number of nitro benzene ring substituents is 1. The van der Waals surface area contributed by atoms with Crippen molar-refractivity contribution in [3.8, 4) is 0 Å². The Bertz CT molecular complexity index is 499. The molecule has 4 heteroatoms. The van der Waals surface area contributed by atoms with Crippen LogP contribution in [0, 0.1) is 17.3 Å². The molecule has 2 aromatic carbocycles. The van der Waals surface area contributed by atoms with Crippen LogP contribution in [0.2, 0.25) is 0 Å². The van der Waals surface area contributed by atoms with E-state index in [1.807, 2.05) is 24.3 Å². The van der Waals surface area contributed by atoms with Gasteiger partial charge in [-0.2, -0.15) is 0 Å². The first-order valence-electron chi connectivity index (χ1n) is 4.70. The molecule has 0 heterocycles. The average Bonchev–Trinajstić information content (AvgIpc) is 2.30. The fourth-order valence-corrected chi connectivity index (χ4v) is 3.61. The van der Waals surface area contributed by atoms with Crippen LogP contribution in [0.4, 0.5) is 5.69 Å². The predicted octanol–water partition coefficient (Wildman–Crippen LogP) is -0.277. The van der Waals surface area contributed by atoms with Gasteiger partial charge >= 0.3 is 104 Å². The zero-order chi connectivity index (χ0) is 11.4. The van der Waals surface area contributed by atoms with E-state index in [0.717, 1.165) is 3.57 Å². The minimum absolute atomic E-state index is 0.174. The number of rotatable bonds is 3.